The topological polar surface area (TPSA) is 77.0 Å². The standard InChI is InChI=1S/C19H35N5O2.HI/c1-14(25)24-10-8-15(9-11-24)13-21-19(20-2)22-17-7-5-6-16(12-17)18(26)23(3)4;/h15-17H,5-13H2,1-4H3,(H2,20,21,22);1H. The smallest absolute Gasteiger partial charge is 0.225 e. The molecule has 8 heteroatoms. The van der Waals surface area contributed by atoms with Crippen LogP contribution in [0.25, 0.3) is 0 Å². The first-order chi connectivity index (χ1) is 12.4. The Hall–Kier alpha value is -1.06. The monoisotopic (exact) mass is 493 g/mol. The largest absolute Gasteiger partial charge is 0.356 e. The van der Waals surface area contributed by atoms with Gasteiger partial charge in [0.2, 0.25) is 11.8 Å². The lowest BCUT2D eigenvalue weighted by atomic mass is 9.85. The first-order valence-corrected chi connectivity index (χ1v) is 9.84. The number of nitrogens with one attached hydrogen (secondary N) is 2. The zero-order valence-corrected chi connectivity index (χ0v) is 19.5. The zero-order chi connectivity index (χ0) is 19.1. The van der Waals surface area contributed by atoms with Crippen LogP contribution in [0.1, 0.15) is 45.4 Å². The number of hydrogen-bond acceptors (Lipinski definition) is 3. The summed E-state index contributed by atoms with van der Waals surface area (Å²) in [5, 5.41) is 6.94. The van der Waals surface area contributed by atoms with Gasteiger partial charge in [-0.2, -0.15) is 0 Å². The van der Waals surface area contributed by atoms with Crippen LogP contribution in [0.2, 0.25) is 0 Å². The number of rotatable bonds is 4. The summed E-state index contributed by atoms with van der Waals surface area (Å²) in [6, 6.07) is 0.295. The third-order valence-electron chi connectivity index (χ3n) is 5.65. The number of piperidine rings is 1. The molecular formula is C19H36IN5O2. The number of carbonyl (C=O) groups excluding carboxylic acids is 2. The summed E-state index contributed by atoms with van der Waals surface area (Å²) in [5.41, 5.74) is 0. The van der Waals surface area contributed by atoms with Gasteiger partial charge in [-0.25, -0.2) is 0 Å². The Morgan fingerprint density at radius 2 is 1.81 bits per heavy atom. The van der Waals surface area contributed by atoms with Crippen molar-refractivity contribution in [3.63, 3.8) is 0 Å². The van der Waals surface area contributed by atoms with Crippen molar-refractivity contribution in [1.29, 1.82) is 0 Å². The number of amides is 2. The van der Waals surface area contributed by atoms with Crippen LogP contribution in [0.4, 0.5) is 0 Å². The van der Waals surface area contributed by atoms with Gasteiger partial charge in [0, 0.05) is 59.7 Å². The van der Waals surface area contributed by atoms with Crippen molar-refractivity contribution in [2.45, 2.75) is 51.5 Å². The van der Waals surface area contributed by atoms with E-state index in [0.717, 1.165) is 64.1 Å². The Morgan fingerprint density at radius 1 is 1.15 bits per heavy atom. The number of likely N-dealkylation sites (tertiary alicyclic amines) is 1. The highest BCUT2D eigenvalue weighted by Gasteiger charge is 2.29. The van der Waals surface area contributed by atoms with Gasteiger partial charge in [0.05, 0.1) is 0 Å². The summed E-state index contributed by atoms with van der Waals surface area (Å²) in [7, 11) is 5.45. The number of guanidine groups is 1. The van der Waals surface area contributed by atoms with Gasteiger partial charge in [0.15, 0.2) is 5.96 Å². The molecule has 0 aromatic rings. The maximum absolute atomic E-state index is 12.2. The summed E-state index contributed by atoms with van der Waals surface area (Å²) in [4.78, 5) is 31.6. The maximum Gasteiger partial charge on any atom is 0.225 e. The first kappa shape index (κ1) is 24.0. The number of carbonyl (C=O) groups is 2. The lowest BCUT2D eigenvalue weighted by Gasteiger charge is -2.33. The highest BCUT2D eigenvalue weighted by Crippen LogP contribution is 2.25. The molecular weight excluding hydrogens is 457 g/mol. The van der Waals surface area contributed by atoms with E-state index in [0.29, 0.717) is 12.0 Å². The van der Waals surface area contributed by atoms with Crippen molar-refractivity contribution >= 4 is 41.8 Å². The lowest BCUT2D eigenvalue weighted by Crippen LogP contribution is -2.48. The Labute approximate surface area is 180 Å². The molecule has 1 heterocycles. The second-order valence-corrected chi connectivity index (χ2v) is 7.84. The van der Waals surface area contributed by atoms with Crippen molar-refractivity contribution < 1.29 is 9.59 Å². The van der Waals surface area contributed by atoms with Crippen LogP contribution in [0.5, 0.6) is 0 Å². The molecule has 27 heavy (non-hydrogen) atoms. The van der Waals surface area contributed by atoms with Crippen LogP contribution in [-0.2, 0) is 9.59 Å². The van der Waals surface area contributed by atoms with E-state index in [1.54, 1.807) is 18.9 Å². The second kappa shape index (κ2) is 11.7. The quantitative estimate of drug-likeness (QED) is 0.355. The minimum Gasteiger partial charge on any atom is -0.356 e. The van der Waals surface area contributed by atoms with Crippen LogP contribution in [0.15, 0.2) is 4.99 Å². The van der Waals surface area contributed by atoms with Crippen LogP contribution in [0.3, 0.4) is 0 Å². The van der Waals surface area contributed by atoms with E-state index in [9.17, 15) is 9.59 Å². The summed E-state index contributed by atoms with van der Waals surface area (Å²) < 4.78 is 0. The molecule has 1 saturated carbocycles. The van der Waals surface area contributed by atoms with E-state index < -0.39 is 0 Å². The number of nitrogens with zero attached hydrogens (tertiary/aromatic N) is 3. The molecule has 1 aliphatic carbocycles. The summed E-state index contributed by atoms with van der Waals surface area (Å²) >= 11 is 0. The van der Waals surface area contributed by atoms with Gasteiger partial charge in [0.25, 0.3) is 0 Å². The molecule has 2 fully saturated rings. The van der Waals surface area contributed by atoms with E-state index in [1.165, 1.54) is 0 Å². The van der Waals surface area contributed by atoms with Gasteiger partial charge < -0.3 is 20.4 Å². The van der Waals surface area contributed by atoms with Crippen LogP contribution in [-0.4, -0.2) is 74.4 Å². The van der Waals surface area contributed by atoms with E-state index in [1.807, 2.05) is 19.0 Å². The fourth-order valence-corrected chi connectivity index (χ4v) is 3.99. The van der Waals surface area contributed by atoms with Gasteiger partial charge in [-0.3, -0.25) is 14.6 Å². The van der Waals surface area contributed by atoms with E-state index in [4.69, 9.17) is 0 Å². The highest BCUT2D eigenvalue weighted by atomic mass is 127. The van der Waals surface area contributed by atoms with E-state index in [-0.39, 0.29) is 41.7 Å². The summed E-state index contributed by atoms with van der Waals surface area (Å²) in [6.07, 6.45) is 6.07. The van der Waals surface area contributed by atoms with Crippen LogP contribution in [0, 0.1) is 11.8 Å². The molecule has 2 unspecified atom stereocenters. The molecule has 0 aromatic heterocycles. The average molecular weight is 493 g/mol. The molecule has 0 bridgehead atoms. The van der Waals surface area contributed by atoms with Crippen LogP contribution < -0.4 is 10.6 Å². The fourth-order valence-electron chi connectivity index (χ4n) is 3.99. The molecule has 0 radical (unpaired) electrons. The minimum atomic E-state index is 0. The molecule has 1 saturated heterocycles. The van der Waals surface area contributed by atoms with Crippen LogP contribution >= 0.6 is 24.0 Å². The molecule has 2 N–H and O–H groups in total. The Bertz CT molecular complexity index is 518. The molecule has 7 nitrogen and oxygen atoms in total. The summed E-state index contributed by atoms with van der Waals surface area (Å²) in [6.45, 7) is 4.22. The number of hydrogen-bond donors (Lipinski definition) is 2. The van der Waals surface area contributed by atoms with E-state index in [2.05, 4.69) is 15.6 Å². The second-order valence-electron chi connectivity index (χ2n) is 7.84. The van der Waals surface area contributed by atoms with Gasteiger partial charge in [-0.15, -0.1) is 24.0 Å². The van der Waals surface area contributed by atoms with Crippen molar-refractivity contribution in [1.82, 2.24) is 20.4 Å². The first-order valence-electron chi connectivity index (χ1n) is 9.84. The molecule has 2 amide bonds. The molecule has 156 valence electrons. The number of aliphatic imine (C=N–C) groups is 1. The van der Waals surface area contributed by atoms with Crippen molar-refractivity contribution in [2.24, 2.45) is 16.8 Å². The van der Waals surface area contributed by atoms with E-state index >= 15 is 0 Å². The van der Waals surface area contributed by atoms with Gasteiger partial charge >= 0.3 is 0 Å². The Kier molecular flexibility index (Phi) is 10.4. The van der Waals surface area contributed by atoms with Crippen molar-refractivity contribution in [2.75, 3.05) is 40.8 Å². The molecule has 2 rings (SSSR count). The van der Waals surface area contributed by atoms with Crippen molar-refractivity contribution in [3.8, 4) is 0 Å². The van der Waals surface area contributed by atoms with Gasteiger partial charge in [0.1, 0.15) is 0 Å². The molecule has 2 atom stereocenters. The van der Waals surface area contributed by atoms with Gasteiger partial charge in [-0.1, -0.05) is 6.42 Å². The predicted molar refractivity (Wildman–Crippen MR) is 119 cm³/mol. The lowest BCUT2D eigenvalue weighted by molar-refractivity contribution is -0.134. The molecule has 0 aromatic carbocycles. The average Bonchev–Trinajstić information content (AvgIpc) is 2.64. The SMILES string of the molecule is CN=C(NCC1CCN(C(C)=O)CC1)NC1CCCC(C(=O)N(C)C)C1.I. The van der Waals surface area contributed by atoms with Gasteiger partial charge in [-0.05, 0) is 38.0 Å². The summed E-state index contributed by atoms with van der Waals surface area (Å²) in [5.74, 6) is 1.91. The fraction of sp³-hybridized carbons (Fsp3) is 0.842. The molecule has 2 aliphatic rings. The maximum atomic E-state index is 12.2. The normalized spacial score (nSPS) is 24.0. The third kappa shape index (κ3) is 7.46. The molecule has 0 spiro atoms. The Balaban J connectivity index is 0.00000364. The predicted octanol–water partition coefficient (Wildman–Crippen LogP) is 1.67. The third-order valence-corrected chi connectivity index (χ3v) is 5.65. The number of halogens is 1. The zero-order valence-electron chi connectivity index (χ0n) is 17.2. The van der Waals surface area contributed by atoms with Crippen molar-refractivity contribution in [3.05, 3.63) is 0 Å². The highest BCUT2D eigenvalue weighted by molar-refractivity contribution is 14.0. The minimum absolute atomic E-state index is 0. The Morgan fingerprint density at radius 3 is 2.37 bits per heavy atom. The molecule has 1 aliphatic heterocycles.